The molecule has 0 spiro atoms. The van der Waals surface area contributed by atoms with Gasteiger partial charge in [-0.05, 0) is 49.1 Å². The highest BCUT2D eigenvalue weighted by Crippen LogP contribution is 2.44. The predicted molar refractivity (Wildman–Crippen MR) is 71.1 cm³/mol. The fourth-order valence-corrected chi connectivity index (χ4v) is 2.24. The maximum atomic E-state index is 9.80. The average Bonchev–Trinajstić information content (AvgIpc) is 2.32. The Balaban J connectivity index is 2.80. The van der Waals surface area contributed by atoms with E-state index in [0.717, 1.165) is 22.3 Å². The molecule has 0 aliphatic carbocycles. The molecule has 0 aliphatic rings. The van der Waals surface area contributed by atoms with Crippen molar-refractivity contribution < 1.29 is 15.3 Å². The molecule has 0 unspecified atom stereocenters. The summed E-state index contributed by atoms with van der Waals surface area (Å²) in [6.07, 6.45) is 0. The van der Waals surface area contributed by atoms with Crippen LogP contribution in [0.25, 0.3) is 11.1 Å². The first kappa shape index (κ1) is 12.3. The van der Waals surface area contributed by atoms with Crippen LogP contribution < -0.4 is 0 Å². The summed E-state index contributed by atoms with van der Waals surface area (Å²) in [6.45, 7) is 5.67. The van der Waals surface area contributed by atoms with Gasteiger partial charge < -0.3 is 15.3 Å². The maximum absolute atomic E-state index is 9.80. The molecule has 3 N–H and O–H groups in total. The summed E-state index contributed by atoms with van der Waals surface area (Å²) in [5.41, 5.74) is 4.38. The van der Waals surface area contributed by atoms with Gasteiger partial charge in [-0.15, -0.1) is 0 Å². The summed E-state index contributed by atoms with van der Waals surface area (Å²) in [4.78, 5) is 0. The van der Waals surface area contributed by atoms with E-state index in [1.807, 2.05) is 32.0 Å². The summed E-state index contributed by atoms with van der Waals surface area (Å²) < 4.78 is 0. The molecular weight excluding hydrogens is 228 g/mol. The van der Waals surface area contributed by atoms with Crippen molar-refractivity contribution in [3.63, 3.8) is 0 Å². The summed E-state index contributed by atoms with van der Waals surface area (Å²) in [5, 5.41) is 28.9. The molecule has 0 radical (unpaired) electrons. The van der Waals surface area contributed by atoms with Gasteiger partial charge in [0, 0.05) is 5.56 Å². The van der Waals surface area contributed by atoms with E-state index in [-0.39, 0.29) is 11.5 Å². The number of phenols is 3. The lowest BCUT2D eigenvalue weighted by molar-refractivity contribution is 0.366. The van der Waals surface area contributed by atoms with Crippen LogP contribution >= 0.6 is 0 Å². The fraction of sp³-hybridized carbons (Fsp3) is 0.200. The lowest BCUT2D eigenvalue weighted by atomic mass is 9.92. The van der Waals surface area contributed by atoms with Crippen molar-refractivity contribution >= 4 is 0 Å². The molecular formula is C15H16O3. The Hall–Kier alpha value is -2.16. The third kappa shape index (κ3) is 1.78. The van der Waals surface area contributed by atoms with E-state index in [0.29, 0.717) is 5.56 Å². The molecule has 0 saturated heterocycles. The first-order valence-electron chi connectivity index (χ1n) is 5.74. The third-order valence-electron chi connectivity index (χ3n) is 3.26. The third-order valence-corrected chi connectivity index (χ3v) is 3.26. The average molecular weight is 244 g/mol. The molecule has 94 valence electrons. The highest BCUT2D eigenvalue weighted by atomic mass is 16.3. The number of phenolic OH excluding ortho intramolecular Hbond substituents is 3. The van der Waals surface area contributed by atoms with Crippen LogP contribution in [0.5, 0.6) is 17.2 Å². The Morgan fingerprint density at radius 1 is 0.833 bits per heavy atom. The van der Waals surface area contributed by atoms with E-state index < -0.39 is 5.75 Å². The van der Waals surface area contributed by atoms with Crippen molar-refractivity contribution in [3.8, 4) is 28.4 Å². The van der Waals surface area contributed by atoms with Gasteiger partial charge in [0.15, 0.2) is 11.5 Å². The van der Waals surface area contributed by atoms with Gasteiger partial charge in [0.2, 0.25) is 5.75 Å². The van der Waals surface area contributed by atoms with Gasteiger partial charge >= 0.3 is 0 Å². The molecule has 0 amide bonds. The Morgan fingerprint density at radius 2 is 1.39 bits per heavy atom. The monoisotopic (exact) mass is 244 g/mol. The van der Waals surface area contributed by atoms with Gasteiger partial charge in [0.1, 0.15) is 0 Å². The van der Waals surface area contributed by atoms with Gasteiger partial charge in [-0.3, -0.25) is 0 Å². The number of benzene rings is 2. The molecule has 3 nitrogen and oxygen atoms in total. The minimum Gasteiger partial charge on any atom is -0.504 e. The molecule has 0 bridgehead atoms. The zero-order valence-electron chi connectivity index (χ0n) is 10.7. The highest BCUT2D eigenvalue weighted by Gasteiger charge is 2.16. The Kier molecular flexibility index (Phi) is 2.91. The van der Waals surface area contributed by atoms with E-state index in [9.17, 15) is 15.3 Å². The van der Waals surface area contributed by atoms with Crippen LogP contribution in [0.4, 0.5) is 0 Å². The van der Waals surface area contributed by atoms with Crippen molar-refractivity contribution in [1.29, 1.82) is 0 Å². The van der Waals surface area contributed by atoms with Crippen LogP contribution in [0.3, 0.4) is 0 Å². The summed E-state index contributed by atoms with van der Waals surface area (Å²) >= 11 is 0. The summed E-state index contributed by atoms with van der Waals surface area (Å²) in [7, 11) is 0. The van der Waals surface area contributed by atoms with Crippen LogP contribution in [0.15, 0.2) is 24.3 Å². The molecule has 0 atom stereocenters. The van der Waals surface area contributed by atoms with Gasteiger partial charge in [0.25, 0.3) is 0 Å². The summed E-state index contributed by atoms with van der Waals surface area (Å²) in [5.74, 6) is -1.05. The molecule has 3 heteroatoms. The van der Waals surface area contributed by atoms with Crippen molar-refractivity contribution in [2.45, 2.75) is 20.8 Å². The first-order valence-corrected chi connectivity index (χ1v) is 5.74. The number of rotatable bonds is 1. The second kappa shape index (κ2) is 4.26. The van der Waals surface area contributed by atoms with Crippen LogP contribution in [0, 0.1) is 20.8 Å². The van der Waals surface area contributed by atoms with E-state index in [2.05, 4.69) is 0 Å². The van der Waals surface area contributed by atoms with Crippen LogP contribution in [0.1, 0.15) is 16.7 Å². The zero-order chi connectivity index (χ0) is 13.4. The number of hydrogen-bond acceptors (Lipinski definition) is 3. The van der Waals surface area contributed by atoms with Crippen molar-refractivity contribution in [2.24, 2.45) is 0 Å². The molecule has 0 fully saturated rings. The topological polar surface area (TPSA) is 60.7 Å². The molecule has 2 aromatic carbocycles. The SMILES string of the molecule is Cc1cccc(C)c1-c1cc(O)c(O)c(O)c1C. The zero-order valence-corrected chi connectivity index (χ0v) is 10.7. The molecule has 0 saturated carbocycles. The summed E-state index contributed by atoms with van der Waals surface area (Å²) in [6, 6.07) is 7.40. The van der Waals surface area contributed by atoms with Crippen molar-refractivity contribution in [3.05, 3.63) is 41.0 Å². The van der Waals surface area contributed by atoms with Gasteiger partial charge in [-0.1, -0.05) is 18.2 Å². The van der Waals surface area contributed by atoms with E-state index in [1.165, 1.54) is 6.07 Å². The van der Waals surface area contributed by atoms with Gasteiger partial charge in [-0.2, -0.15) is 0 Å². The van der Waals surface area contributed by atoms with Crippen LogP contribution in [-0.4, -0.2) is 15.3 Å². The van der Waals surface area contributed by atoms with E-state index in [4.69, 9.17) is 0 Å². The molecule has 0 aliphatic heterocycles. The quantitative estimate of drug-likeness (QED) is 0.674. The largest absolute Gasteiger partial charge is 0.504 e. The molecule has 0 aromatic heterocycles. The lowest BCUT2D eigenvalue weighted by Crippen LogP contribution is -1.91. The van der Waals surface area contributed by atoms with Crippen molar-refractivity contribution in [2.75, 3.05) is 0 Å². The van der Waals surface area contributed by atoms with Crippen LogP contribution in [0.2, 0.25) is 0 Å². The fourth-order valence-electron chi connectivity index (χ4n) is 2.24. The second-order valence-corrected chi connectivity index (χ2v) is 4.53. The minimum absolute atomic E-state index is 0.271. The predicted octanol–water partition coefficient (Wildman–Crippen LogP) is 3.40. The normalized spacial score (nSPS) is 10.6. The van der Waals surface area contributed by atoms with Gasteiger partial charge in [-0.25, -0.2) is 0 Å². The first-order chi connectivity index (χ1) is 8.43. The lowest BCUT2D eigenvalue weighted by Gasteiger charge is -2.15. The maximum Gasteiger partial charge on any atom is 0.200 e. The Morgan fingerprint density at radius 3 is 1.94 bits per heavy atom. The highest BCUT2D eigenvalue weighted by molar-refractivity contribution is 5.78. The smallest absolute Gasteiger partial charge is 0.200 e. The standard InChI is InChI=1S/C15H16O3/c1-8-5-4-6-9(2)13(8)11-7-12(16)15(18)14(17)10(11)3/h4-7,16-18H,1-3H3. The number of hydrogen-bond donors (Lipinski definition) is 3. The molecule has 18 heavy (non-hydrogen) atoms. The molecule has 0 heterocycles. The van der Waals surface area contributed by atoms with E-state index >= 15 is 0 Å². The minimum atomic E-state index is -0.470. The molecule has 2 rings (SSSR count). The van der Waals surface area contributed by atoms with Crippen LogP contribution in [-0.2, 0) is 0 Å². The Labute approximate surface area is 106 Å². The van der Waals surface area contributed by atoms with Crippen molar-refractivity contribution in [1.82, 2.24) is 0 Å². The second-order valence-electron chi connectivity index (χ2n) is 4.53. The molecule has 2 aromatic rings. The van der Waals surface area contributed by atoms with Gasteiger partial charge in [0.05, 0.1) is 0 Å². The Bertz CT molecular complexity index is 595. The van der Waals surface area contributed by atoms with E-state index in [1.54, 1.807) is 6.92 Å². The number of aryl methyl sites for hydroxylation is 2. The number of aromatic hydroxyl groups is 3.